The van der Waals surface area contributed by atoms with Crippen LogP contribution in [0.1, 0.15) is 24.7 Å². The van der Waals surface area contributed by atoms with Crippen molar-refractivity contribution < 1.29 is 4.74 Å². The summed E-state index contributed by atoms with van der Waals surface area (Å²) in [6, 6.07) is 9.17. The second-order valence-corrected chi connectivity index (χ2v) is 3.71. The number of ether oxygens (including phenoxy) is 1. The molecule has 1 aromatic heterocycles. The lowest BCUT2D eigenvalue weighted by Gasteiger charge is -2.07. The van der Waals surface area contributed by atoms with Gasteiger partial charge in [-0.3, -0.25) is 0 Å². The van der Waals surface area contributed by atoms with Gasteiger partial charge >= 0.3 is 0 Å². The van der Waals surface area contributed by atoms with Gasteiger partial charge in [-0.2, -0.15) is 5.26 Å². The molecule has 92 valence electrons. The first-order valence-electron chi connectivity index (χ1n) is 5.72. The summed E-state index contributed by atoms with van der Waals surface area (Å²) in [5.41, 5.74) is 0.506. The second-order valence-electron chi connectivity index (χ2n) is 3.71. The lowest BCUT2D eigenvalue weighted by atomic mass is 10.2. The third-order valence-electron chi connectivity index (χ3n) is 2.41. The maximum atomic E-state index is 8.94. The molecule has 0 fully saturated rings. The summed E-state index contributed by atoms with van der Waals surface area (Å²) in [5.74, 6) is 1.20. The van der Waals surface area contributed by atoms with E-state index in [-0.39, 0.29) is 6.61 Å². The zero-order valence-electron chi connectivity index (χ0n) is 10.1. The smallest absolute Gasteiger partial charge is 0.189 e. The molecule has 6 heteroatoms. The fourth-order valence-corrected chi connectivity index (χ4v) is 1.54. The summed E-state index contributed by atoms with van der Waals surface area (Å²) in [6.07, 6.45) is 0.951. The monoisotopic (exact) mass is 243 g/mol. The van der Waals surface area contributed by atoms with Crippen molar-refractivity contribution in [1.82, 2.24) is 20.2 Å². The van der Waals surface area contributed by atoms with Crippen LogP contribution in [0, 0.1) is 11.3 Å². The van der Waals surface area contributed by atoms with Gasteiger partial charge in [-0.15, -0.1) is 5.10 Å². The van der Waals surface area contributed by atoms with E-state index in [0.29, 0.717) is 17.1 Å². The van der Waals surface area contributed by atoms with Crippen molar-refractivity contribution >= 4 is 0 Å². The molecule has 2 rings (SSSR count). The van der Waals surface area contributed by atoms with Gasteiger partial charge in [0.05, 0.1) is 5.56 Å². The highest BCUT2D eigenvalue weighted by Crippen LogP contribution is 2.17. The van der Waals surface area contributed by atoms with E-state index in [9.17, 15) is 0 Å². The van der Waals surface area contributed by atoms with Crippen molar-refractivity contribution in [3.05, 3.63) is 35.7 Å². The van der Waals surface area contributed by atoms with Crippen LogP contribution >= 0.6 is 0 Å². The van der Waals surface area contributed by atoms with Gasteiger partial charge in [-0.25, -0.2) is 4.68 Å². The molecule has 0 amide bonds. The fourth-order valence-electron chi connectivity index (χ4n) is 1.54. The van der Waals surface area contributed by atoms with Crippen LogP contribution < -0.4 is 4.74 Å². The van der Waals surface area contributed by atoms with E-state index >= 15 is 0 Å². The zero-order valence-corrected chi connectivity index (χ0v) is 10.1. The van der Waals surface area contributed by atoms with Crippen LogP contribution in [0.25, 0.3) is 0 Å². The van der Waals surface area contributed by atoms with Gasteiger partial charge in [0.1, 0.15) is 18.4 Å². The Morgan fingerprint density at radius 3 is 3.00 bits per heavy atom. The number of rotatable bonds is 5. The van der Waals surface area contributed by atoms with Crippen molar-refractivity contribution in [3.8, 4) is 11.8 Å². The number of aromatic nitrogens is 4. The molecule has 0 radical (unpaired) electrons. The van der Waals surface area contributed by atoms with Crippen LogP contribution in [0.15, 0.2) is 24.3 Å². The van der Waals surface area contributed by atoms with Gasteiger partial charge in [-0.05, 0) is 29.0 Å². The molecule has 1 heterocycles. The second kappa shape index (κ2) is 5.77. The summed E-state index contributed by atoms with van der Waals surface area (Å²) in [4.78, 5) is 0. The van der Waals surface area contributed by atoms with Crippen molar-refractivity contribution in [2.24, 2.45) is 0 Å². The van der Waals surface area contributed by atoms with E-state index in [2.05, 4.69) is 28.5 Å². The average Bonchev–Trinajstić information content (AvgIpc) is 2.84. The van der Waals surface area contributed by atoms with Gasteiger partial charge in [0.25, 0.3) is 0 Å². The standard InChI is InChI=1S/C12H13N5O/c1-2-7-17-12(14-15-16-17)9-18-11-6-4-3-5-10(11)8-13/h3-6H,2,7,9H2,1H3. The first-order chi connectivity index (χ1) is 8.85. The molecule has 0 saturated heterocycles. The third kappa shape index (κ3) is 2.63. The Labute approximate surface area is 105 Å². The maximum Gasteiger partial charge on any atom is 0.189 e. The number of hydrogen-bond acceptors (Lipinski definition) is 5. The van der Waals surface area contributed by atoms with Crippen LogP contribution in [0.5, 0.6) is 5.75 Å². The van der Waals surface area contributed by atoms with Gasteiger partial charge in [0.2, 0.25) is 0 Å². The van der Waals surface area contributed by atoms with Crippen molar-refractivity contribution in [2.75, 3.05) is 0 Å². The Hall–Kier alpha value is -2.42. The molecule has 0 aliphatic rings. The van der Waals surface area contributed by atoms with Crippen LogP contribution in [0.2, 0.25) is 0 Å². The number of nitrogens with zero attached hydrogens (tertiary/aromatic N) is 5. The van der Waals surface area contributed by atoms with Crippen LogP contribution in [0.3, 0.4) is 0 Å². The highest BCUT2D eigenvalue weighted by Gasteiger charge is 2.07. The van der Waals surface area contributed by atoms with E-state index in [1.807, 2.05) is 6.07 Å². The third-order valence-corrected chi connectivity index (χ3v) is 2.41. The number of hydrogen-bond donors (Lipinski definition) is 0. The summed E-state index contributed by atoms with van der Waals surface area (Å²) in [6.45, 7) is 3.06. The predicted octanol–water partition coefficient (Wildman–Crippen LogP) is 1.53. The first kappa shape index (κ1) is 12.0. The Balaban J connectivity index is 2.07. The van der Waals surface area contributed by atoms with Gasteiger partial charge in [0.15, 0.2) is 5.82 Å². The number of aryl methyl sites for hydroxylation is 1. The highest BCUT2D eigenvalue weighted by atomic mass is 16.5. The average molecular weight is 243 g/mol. The Morgan fingerprint density at radius 1 is 1.39 bits per heavy atom. The van der Waals surface area contributed by atoms with E-state index in [1.54, 1.807) is 22.9 Å². The van der Waals surface area contributed by atoms with E-state index in [4.69, 9.17) is 10.00 Å². The molecule has 6 nitrogen and oxygen atoms in total. The minimum absolute atomic E-state index is 0.256. The van der Waals surface area contributed by atoms with Crippen LogP contribution in [0.4, 0.5) is 0 Å². The first-order valence-corrected chi connectivity index (χ1v) is 5.72. The zero-order chi connectivity index (χ0) is 12.8. The molecule has 0 atom stereocenters. The predicted molar refractivity (Wildman–Crippen MR) is 63.6 cm³/mol. The number of tetrazole rings is 1. The van der Waals surface area contributed by atoms with Gasteiger partial charge in [0, 0.05) is 6.54 Å². The van der Waals surface area contributed by atoms with E-state index < -0.39 is 0 Å². The molecule has 1 aromatic carbocycles. The molecule has 0 bridgehead atoms. The fraction of sp³-hybridized carbons (Fsp3) is 0.333. The summed E-state index contributed by atoms with van der Waals surface area (Å²) < 4.78 is 7.28. The van der Waals surface area contributed by atoms with Crippen molar-refractivity contribution in [3.63, 3.8) is 0 Å². The SMILES string of the molecule is CCCn1nnnc1COc1ccccc1C#N. The number of benzene rings is 1. The van der Waals surface area contributed by atoms with E-state index in [0.717, 1.165) is 13.0 Å². The molecule has 0 aliphatic heterocycles. The Kier molecular flexibility index (Phi) is 3.86. The molecule has 0 saturated carbocycles. The minimum atomic E-state index is 0.256. The topological polar surface area (TPSA) is 76.6 Å². The molecule has 0 spiro atoms. The van der Waals surface area contributed by atoms with Crippen molar-refractivity contribution in [2.45, 2.75) is 26.5 Å². The van der Waals surface area contributed by atoms with Crippen LogP contribution in [-0.4, -0.2) is 20.2 Å². The lowest BCUT2D eigenvalue weighted by molar-refractivity contribution is 0.285. The molecular weight excluding hydrogens is 230 g/mol. The quantitative estimate of drug-likeness (QED) is 0.796. The van der Waals surface area contributed by atoms with Crippen molar-refractivity contribution in [1.29, 1.82) is 5.26 Å². The van der Waals surface area contributed by atoms with E-state index in [1.165, 1.54) is 0 Å². The molecule has 0 aliphatic carbocycles. The van der Waals surface area contributed by atoms with Crippen LogP contribution in [-0.2, 0) is 13.2 Å². The van der Waals surface area contributed by atoms with Gasteiger partial charge < -0.3 is 4.74 Å². The van der Waals surface area contributed by atoms with Gasteiger partial charge in [-0.1, -0.05) is 19.1 Å². The molecule has 2 aromatic rings. The Bertz CT molecular complexity index is 558. The normalized spacial score (nSPS) is 10.0. The Morgan fingerprint density at radius 2 is 2.22 bits per heavy atom. The molecule has 0 unspecified atom stereocenters. The largest absolute Gasteiger partial charge is 0.484 e. The summed E-state index contributed by atoms with van der Waals surface area (Å²) >= 11 is 0. The molecule has 18 heavy (non-hydrogen) atoms. The highest BCUT2D eigenvalue weighted by molar-refractivity contribution is 5.42. The maximum absolute atomic E-state index is 8.94. The lowest BCUT2D eigenvalue weighted by Crippen LogP contribution is -2.08. The summed E-state index contributed by atoms with van der Waals surface area (Å²) in [5, 5.41) is 20.3. The number of nitriles is 1. The molecule has 0 N–H and O–H groups in total. The minimum Gasteiger partial charge on any atom is -0.484 e. The summed E-state index contributed by atoms with van der Waals surface area (Å²) in [7, 11) is 0. The molecular formula is C12H13N5O. The number of para-hydroxylation sites is 1.